The number of benzene rings is 2. The van der Waals surface area contributed by atoms with Gasteiger partial charge in [0.15, 0.2) is 11.5 Å². The summed E-state index contributed by atoms with van der Waals surface area (Å²) in [5.74, 6) is 0.816. The van der Waals surface area contributed by atoms with Crippen LogP contribution in [0.4, 0.5) is 0 Å². The second kappa shape index (κ2) is 7.96. The molecule has 1 heterocycles. The van der Waals surface area contributed by atoms with Crippen molar-refractivity contribution in [1.82, 2.24) is 9.79 Å². The molecule has 2 aromatic rings. The van der Waals surface area contributed by atoms with Crippen LogP contribution in [0, 0.1) is 0 Å². The maximum atomic E-state index is 12.6. The van der Waals surface area contributed by atoms with Crippen molar-refractivity contribution in [2.45, 2.75) is 17.9 Å². The van der Waals surface area contributed by atoms with Crippen LogP contribution in [0.25, 0.3) is 0 Å². The van der Waals surface area contributed by atoms with Gasteiger partial charge in [-0.3, -0.25) is 9.63 Å². The molecule has 1 amide bonds. The van der Waals surface area contributed by atoms with Gasteiger partial charge in [0.25, 0.3) is 15.9 Å². The number of fused-ring (bicyclic) bond motifs is 1. The van der Waals surface area contributed by atoms with Crippen LogP contribution in [-0.2, 0) is 14.9 Å². The van der Waals surface area contributed by atoms with Gasteiger partial charge in [-0.15, -0.1) is 0 Å². The van der Waals surface area contributed by atoms with E-state index in [1.54, 1.807) is 12.1 Å². The molecule has 0 saturated carbocycles. The molecule has 0 saturated heterocycles. The largest absolute Gasteiger partial charge is 0.454 e. The Kier molecular flexibility index (Phi) is 5.80. The minimum Gasteiger partial charge on any atom is -0.454 e. The van der Waals surface area contributed by atoms with Gasteiger partial charge in [-0.05, 0) is 42.8 Å². The van der Waals surface area contributed by atoms with Crippen LogP contribution in [-0.4, -0.2) is 39.7 Å². The van der Waals surface area contributed by atoms with Crippen molar-refractivity contribution in [3.05, 3.63) is 52.5 Å². The number of hydroxylamine groups is 1. The van der Waals surface area contributed by atoms with E-state index in [-0.39, 0.29) is 28.3 Å². The van der Waals surface area contributed by atoms with E-state index in [1.807, 2.05) is 13.0 Å². The molecule has 1 N–H and O–H groups in total. The van der Waals surface area contributed by atoms with Gasteiger partial charge < -0.3 is 14.8 Å². The van der Waals surface area contributed by atoms with Crippen molar-refractivity contribution < 1.29 is 27.5 Å². The summed E-state index contributed by atoms with van der Waals surface area (Å²) in [6.07, 6.45) is 0. The van der Waals surface area contributed by atoms with Crippen molar-refractivity contribution in [1.29, 1.82) is 0 Å². The lowest BCUT2D eigenvalue weighted by Crippen LogP contribution is -2.28. The van der Waals surface area contributed by atoms with Crippen molar-refractivity contribution in [3.63, 3.8) is 0 Å². The number of rotatable bonds is 6. The van der Waals surface area contributed by atoms with Crippen molar-refractivity contribution in [2.75, 3.05) is 21.0 Å². The quantitative estimate of drug-likeness (QED) is 0.714. The molecule has 150 valence electrons. The van der Waals surface area contributed by atoms with Crippen molar-refractivity contribution in [3.8, 4) is 11.5 Å². The minimum absolute atomic E-state index is 0.00994. The van der Waals surface area contributed by atoms with Crippen LogP contribution >= 0.6 is 11.6 Å². The molecule has 1 aliphatic heterocycles. The third-order valence-corrected chi connectivity index (χ3v) is 6.47. The van der Waals surface area contributed by atoms with Gasteiger partial charge in [-0.25, -0.2) is 8.42 Å². The summed E-state index contributed by atoms with van der Waals surface area (Å²) < 4.78 is 36.2. The maximum Gasteiger partial charge on any atom is 0.266 e. The molecule has 0 bridgehead atoms. The minimum atomic E-state index is -3.99. The van der Waals surface area contributed by atoms with E-state index in [9.17, 15) is 13.2 Å². The lowest BCUT2D eigenvalue weighted by Gasteiger charge is -2.17. The van der Waals surface area contributed by atoms with E-state index in [4.69, 9.17) is 25.9 Å². The molecule has 0 fully saturated rings. The number of nitrogens with one attached hydrogen (secondary N) is 1. The number of nitrogens with zero attached hydrogens (tertiary/aromatic N) is 1. The molecule has 3 rings (SSSR count). The fourth-order valence-corrected chi connectivity index (χ4v) is 4.10. The average Bonchev–Trinajstić information content (AvgIpc) is 3.15. The molecule has 1 aliphatic rings. The van der Waals surface area contributed by atoms with Crippen molar-refractivity contribution in [2.24, 2.45) is 0 Å². The molecular formula is C18H19ClN2O6S. The number of sulfonamides is 1. The summed E-state index contributed by atoms with van der Waals surface area (Å²) in [7, 11) is -1.54. The topological polar surface area (TPSA) is 94.2 Å². The number of amides is 1. The fourth-order valence-electron chi connectivity index (χ4n) is 2.62. The summed E-state index contributed by atoms with van der Waals surface area (Å²) in [6, 6.07) is 9.07. The summed E-state index contributed by atoms with van der Waals surface area (Å²) in [5.41, 5.74) is 0.971. The molecule has 10 heteroatoms. The Balaban J connectivity index is 1.82. The highest BCUT2D eigenvalue weighted by Crippen LogP contribution is 2.34. The van der Waals surface area contributed by atoms with Gasteiger partial charge in [0.2, 0.25) is 6.79 Å². The monoisotopic (exact) mass is 426 g/mol. The first kappa shape index (κ1) is 20.4. The first-order chi connectivity index (χ1) is 13.2. The second-order valence-corrected chi connectivity index (χ2v) is 8.36. The number of hydrogen-bond donors (Lipinski definition) is 1. The van der Waals surface area contributed by atoms with Crippen LogP contribution in [0.3, 0.4) is 0 Å². The third kappa shape index (κ3) is 3.93. The smallest absolute Gasteiger partial charge is 0.266 e. The zero-order chi connectivity index (χ0) is 20.5. The van der Waals surface area contributed by atoms with E-state index in [0.29, 0.717) is 16.0 Å². The van der Waals surface area contributed by atoms with Gasteiger partial charge >= 0.3 is 0 Å². The Morgan fingerprint density at radius 2 is 1.93 bits per heavy atom. The Bertz CT molecular complexity index is 1010. The third-order valence-electron chi connectivity index (χ3n) is 4.31. The first-order valence-corrected chi connectivity index (χ1v) is 10.1. The van der Waals surface area contributed by atoms with Gasteiger partial charge in [0.05, 0.1) is 18.2 Å². The van der Waals surface area contributed by atoms with Gasteiger partial charge in [-0.2, -0.15) is 0 Å². The first-order valence-electron chi connectivity index (χ1n) is 8.27. The number of halogens is 1. The van der Waals surface area contributed by atoms with Crippen molar-refractivity contribution >= 4 is 27.5 Å². The SMILES string of the molecule is CON(C)S(=O)(=O)c1cc(C(=O)NC(C)c2ccc3c(c2)OCO3)ccc1Cl. The molecule has 1 atom stereocenters. The molecule has 0 spiro atoms. The molecule has 28 heavy (non-hydrogen) atoms. The molecule has 8 nitrogen and oxygen atoms in total. The van der Waals surface area contributed by atoms with Gasteiger partial charge in [-0.1, -0.05) is 22.1 Å². The van der Waals surface area contributed by atoms with Crippen LogP contribution in [0.2, 0.25) is 5.02 Å². The number of ether oxygens (including phenoxy) is 2. The Morgan fingerprint density at radius 1 is 1.21 bits per heavy atom. The predicted octanol–water partition coefficient (Wildman–Crippen LogP) is 2.74. The maximum absolute atomic E-state index is 12.6. The highest BCUT2D eigenvalue weighted by molar-refractivity contribution is 7.89. The zero-order valence-corrected chi connectivity index (χ0v) is 17.0. The normalized spacial score (nSPS) is 14.2. The highest BCUT2D eigenvalue weighted by Gasteiger charge is 2.25. The standard InChI is InChI=1S/C18H19ClN2O6S/c1-11(12-5-7-15-16(8-12)27-10-26-15)20-18(22)13-4-6-14(19)17(9-13)28(23,24)21(2)25-3/h4-9,11H,10H2,1-3H3,(H,20,22). The van der Waals surface area contributed by atoms with E-state index in [2.05, 4.69) is 5.32 Å². The van der Waals surface area contributed by atoms with Crippen LogP contribution < -0.4 is 14.8 Å². The predicted molar refractivity (Wildman–Crippen MR) is 102 cm³/mol. The number of hydrogen-bond acceptors (Lipinski definition) is 6. The fraction of sp³-hybridized carbons (Fsp3) is 0.278. The molecule has 0 radical (unpaired) electrons. The molecule has 2 aromatic carbocycles. The average molecular weight is 427 g/mol. The molecule has 0 aromatic heterocycles. The lowest BCUT2D eigenvalue weighted by atomic mass is 10.1. The Labute approximate surface area is 168 Å². The second-order valence-electron chi connectivity index (χ2n) is 6.05. The van der Waals surface area contributed by atoms with Crippen LogP contribution in [0.15, 0.2) is 41.3 Å². The summed E-state index contributed by atoms with van der Waals surface area (Å²) in [6.45, 7) is 1.97. The Hall–Kier alpha value is -2.33. The van der Waals surface area contributed by atoms with Crippen LogP contribution in [0.1, 0.15) is 28.9 Å². The molecular weight excluding hydrogens is 408 g/mol. The van der Waals surface area contributed by atoms with E-state index in [1.165, 1.54) is 32.4 Å². The summed E-state index contributed by atoms with van der Waals surface area (Å²) in [4.78, 5) is 17.2. The Morgan fingerprint density at radius 3 is 2.64 bits per heavy atom. The summed E-state index contributed by atoms with van der Waals surface area (Å²) >= 11 is 6.02. The lowest BCUT2D eigenvalue weighted by molar-refractivity contribution is -0.0258. The van der Waals surface area contributed by atoms with E-state index >= 15 is 0 Å². The number of carbonyl (C=O) groups excluding carboxylic acids is 1. The highest BCUT2D eigenvalue weighted by atomic mass is 35.5. The van der Waals surface area contributed by atoms with E-state index in [0.717, 1.165) is 5.56 Å². The van der Waals surface area contributed by atoms with E-state index < -0.39 is 15.9 Å². The summed E-state index contributed by atoms with van der Waals surface area (Å²) in [5, 5.41) is 2.82. The molecule has 1 unspecified atom stereocenters. The van der Waals surface area contributed by atoms with Crippen LogP contribution in [0.5, 0.6) is 11.5 Å². The molecule has 0 aliphatic carbocycles. The van der Waals surface area contributed by atoms with Gasteiger partial charge in [0.1, 0.15) is 4.90 Å². The number of carbonyl (C=O) groups is 1. The zero-order valence-electron chi connectivity index (χ0n) is 15.4. The van der Waals surface area contributed by atoms with Gasteiger partial charge in [0, 0.05) is 12.6 Å².